The zero-order valence-electron chi connectivity index (χ0n) is 14.9. The summed E-state index contributed by atoms with van der Waals surface area (Å²) in [6, 6.07) is 16.7. The third-order valence-electron chi connectivity index (χ3n) is 3.71. The number of ketones is 1. The summed E-state index contributed by atoms with van der Waals surface area (Å²) >= 11 is 0. The lowest BCUT2D eigenvalue weighted by Crippen LogP contribution is -2.15. The van der Waals surface area contributed by atoms with E-state index in [-0.39, 0.29) is 5.69 Å². The normalized spacial score (nSPS) is 11.0. The van der Waals surface area contributed by atoms with E-state index < -0.39 is 28.4 Å². The van der Waals surface area contributed by atoms with Crippen LogP contribution in [0.4, 0.5) is 5.69 Å². The van der Waals surface area contributed by atoms with Gasteiger partial charge in [-0.1, -0.05) is 30.3 Å². The highest BCUT2D eigenvalue weighted by Gasteiger charge is 2.15. The number of hydrogen-bond acceptors (Lipinski definition) is 6. The van der Waals surface area contributed by atoms with Crippen molar-refractivity contribution < 1.29 is 22.7 Å². The maximum absolute atomic E-state index is 12.2. The molecule has 28 heavy (non-hydrogen) atoms. The molecule has 0 saturated carbocycles. The van der Waals surface area contributed by atoms with Gasteiger partial charge in [0.05, 0.1) is 11.9 Å². The smallest absolute Gasteiger partial charge is 0.356 e. The zero-order chi connectivity index (χ0) is 20.1. The van der Waals surface area contributed by atoms with Gasteiger partial charge in [0.2, 0.25) is 10.0 Å². The molecule has 0 saturated heterocycles. The Labute approximate surface area is 161 Å². The minimum absolute atomic E-state index is 0.138. The summed E-state index contributed by atoms with van der Waals surface area (Å²) in [5.41, 5.74) is 2.20. The first kappa shape index (κ1) is 19.3. The number of sulfonamides is 1. The molecule has 8 nitrogen and oxygen atoms in total. The minimum Gasteiger partial charge on any atom is -0.453 e. The van der Waals surface area contributed by atoms with E-state index in [0.717, 1.165) is 11.8 Å². The number of ether oxygens (including phenoxy) is 1. The van der Waals surface area contributed by atoms with Crippen LogP contribution in [0.3, 0.4) is 0 Å². The Hall–Kier alpha value is -3.46. The summed E-state index contributed by atoms with van der Waals surface area (Å²) in [6.07, 6.45) is 1.03. The molecule has 0 spiro atoms. The number of nitrogens with one attached hydrogen (secondary N) is 2. The van der Waals surface area contributed by atoms with Crippen LogP contribution >= 0.6 is 0 Å². The third-order valence-corrected chi connectivity index (χ3v) is 4.32. The number of Topliss-reactive ketones (excluding diaryl/α,β-unsaturated/α-hetero) is 1. The topological polar surface area (TPSA) is 118 Å². The van der Waals surface area contributed by atoms with Crippen LogP contribution in [0.5, 0.6) is 0 Å². The van der Waals surface area contributed by atoms with Gasteiger partial charge >= 0.3 is 5.97 Å². The molecule has 0 radical (unpaired) electrons. The summed E-state index contributed by atoms with van der Waals surface area (Å²) in [5, 5.41) is 6.66. The fraction of sp³-hybridized carbons (Fsp3) is 0.105. The molecule has 0 atom stereocenters. The molecule has 0 amide bonds. The Morgan fingerprint density at radius 1 is 1.07 bits per heavy atom. The number of rotatable bonds is 7. The first-order chi connectivity index (χ1) is 13.3. The maximum Gasteiger partial charge on any atom is 0.356 e. The Bertz CT molecular complexity index is 1090. The van der Waals surface area contributed by atoms with Crippen LogP contribution in [0.25, 0.3) is 11.3 Å². The van der Waals surface area contributed by atoms with Gasteiger partial charge in [-0.2, -0.15) is 5.10 Å². The van der Waals surface area contributed by atoms with Gasteiger partial charge < -0.3 is 4.74 Å². The lowest BCUT2D eigenvalue weighted by Gasteiger charge is -2.06. The fourth-order valence-corrected chi connectivity index (χ4v) is 2.98. The molecule has 144 valence electrons. The summed E-state index contributed by atoms with van der Waals surface area (Å²) in [5.74, 6) is -1.11. The number of nitrogens with zero attached hydrogens (tertiary/aromatic N) is 1. The maximum atomic E-state index is 12.2. The largest absolute Gasteiger partial charge is 0.453 e. The number of carbonyl (C=O) groups excluding carboxylic acids is 2. The number of carbonyl (C=O) groups is 2. The van der Waals surface area contributed by atoms with Gasteiger partial charge in [-0.3, -0.25) is 14.6 Å². The van der Waals surface area contributed by atoms with Crippen molar-refractivity contribution in [1.82, 2.24) is 10.2 Å². The van der Waals surface area contributed by atoms with Crippen molar-refractivity contribution in [2.75, 3.05) is 17.6 Å². The van der Waals surface area contributed by atoms with Crippen molar-refractivity contribution in [1.29, 1.82) is 0 Å². The Balaban J connectivity index is 1.59. The molecule has 3 rings (SSSR count). The van der Waals surface area contributed by atoms with Gasteiger partial charge in [-0.25, -0.2) is 13.2 Å². The third kappa shape index (κ3) is 5.04. The number of esters is 1. The van der Waals surface area contributed by atoms with Crippen molar-refractivity contribution in [3.8, 4) is 11.3 Å². The predicted molar refractivity (Wildman–Crippen MR) is 104 cm³/mol. The van der Waals surface area contributed by atoms with E-state index in [0.29, 0.717) is 16.9 Å². The predicted octanol–water partition coefficient (Wildman–Crippen LogP) is 2.49. The quantitative estimate of drug-likeness (QED) is 0.465. The minimum atomic E-state index is -3.39. The van der Waals surface area contributed by atoms with Crippen molar-refractivity contribution in [2.45, 2.75) is 0 Å². The van der Waals surface area contributed by atoms with Gasteiger partial charge in [-0.15, -0.1) is 0 Å². The molecular weight excluding hydrogens is 382 g/mol. The van der Waals surface area contributed by atoms with E-state index in [4.69, 9.17) is 4.74 Å². The second-order valence-electron chi connectivity index (χ2n) is 5.98. The molecule has 9 heteroatoms. The number of benzene rings is 2. The summed E-state index contributed by atoms with van der Waals surface area (Å²) in [4.78, 5) is 24.3. The van der Waals surface area contributed by atoms with E-state index in [2.05, 4.69) is 14.9 Å². The van der Waals surface area contributed by atoms with Crippen LogP contribution in [-0.4, -0.2) is 43.2 Å². The molecule has 0 bridgehead atoms. The first-order valence-electron chi connectivity index (χ1n) is 8.21. The SMILES string of the molecule is CS(=O)(=O)Nc1ccc(C(=O)COC(=O)c2cc(-c3ccccc3)n[nH]2)cc1. The van der Waals surface area contributed by atoms with Crippen LogP contribution in [0.15, 0.2) is 60.7 Å². The van der Waals surface area contributed by atoms with E-state index in [1.165, 1.54) is 24.3 Å². The fourth-order valence-electron chi connectivity index (χ4n) is 2.41. The molecule has 2 aromatic carbocycles. The van der Waals surface area contributed by atoms with Crippen LogP contribution in [0, 0.1) is 0 Å². The summed E-state index contributed by atoms with van der Waals surface area (Å²) in [6.45, 7) is -0.447. The Morgan fingerprint density at radius 3 is 2.39 bits per heavy atom. The first-order valence-corrected chi connectivity index (χ1v) is 10.1. The zero-order valence-corrected chi connectivity index (χ0v) is 15.7. The lowest BCUT2D eigenvalue weighted by molar-refractivity contribution is 0.0469. The lowest BCUT2D eigenvalue weighted by atomic mass is 10.1. The number of aromatic amines is 1. The molecule has 1 aromatic heterocycles. The average molecular weight is 399 g/mol. The van der Waals surface area contributed by atoms with Crippen LogP contribution in [0.2, 0.25) is 0 Å². The van der Waals surface area contributed by atoms with Crippen molar-refractivity contribution in [3.63, 3.8) is 0 Å². The number of H-pyrrole nitrogens is 1. The van der Waals surface area contributed by atoms with E-state index in [1.807, 2.05) is 30.3 Å². The molecule has 2 N–H and O–H groups in total. The standard InChI is InChI=1S/C19H17N3O5S/c1-28(25,26)22-15-9-7-14(8-10-15)18(23)12-27-19(24)17-11-16(20-21-17)13-5-3-2-4-6-13/h2-11,22H,12H2,1H3,(H,20,21). The Morgan fingerprint density at radius 2 is 1.75 bits per heavy atom. The molecule has 1 heterocycles. The number of aromatic nitrogens is 2. The van der Waals surface area contributed by atoms with E-state index in [1.54, 1.807) is 6.07 Å². The summed E-state index contributed by atoms with van der Waals surface area (Å²) < 4.78 is 29.7. The average Bonchev–Trinajstić information content (AvgIpc) is 3.16. The second-order valence-corrected chi connectivity index (χ2v) is 7.73. The highest BCUT2D eigenvalue weighted by atomic mass is 32.2. The van der Waals surface area contributed by atoms with Crippen molar-refractivity contribution in [2.24, 2.45) is 0 Å². The van der Waals surface area contributed by atoms with E-state index in [9.17, 15) is 18.0 Å². The van der Waals surface area contributed by atoms with Crippen LogP contribution < -0.4 is 4.72 Å². The van der Waals surface area contributed by atoms with Gasteiger partial charge in [0.1, 0.15) is 5.69 Å². The highest BCUT2D eigenvalue weighted by Crippen LogP contribution is 2.17. The van der Waals surface area contributed by atoms with Gasteiger partial charge in [-0.05, 0) is 30.3 Å². The van der Waals surface area contributed by atoms with Crippen molar-refractivity contribution >= 4 is 27.5 Å². The van der Waals surface area contributed by atoms with Crippen LogP contribution in [0.1, 0.15) is 20.8 Å². The van der Waals surface area contributed by atoms with Gasteiger partial charge in [0, 0.05) is 16.8 Å². The molecule has 0 aliphatic rings. The number of hydrogen-bond donors (Lipinski definition) is 2. The molecule has 0 unspecified atom stereocenters. The molecular formula is C19H17N3O5S. The van der Waals surface area contributed by atoms with E-state index >= 15 is 0 Å². The number of anilines is 1. The highest BCUT2D eigenvalue weighted by molar-refractivity contribution is 7.92. The van der Waals surface area contributed by atoms with Crippen LogP contribution in [-0.2, 0) is 14.8 Å². The molecule has 0 aliphatic heterocycles. The monoisotopic (exact) mass is 399 g/mol. The summed E-state index contributed by atoms with van der Waals surface area (Å²) in [7, 11) is -3.39. The molecule has 0 fully saturated rings. The molecule has 3 aromatic rings. The van der Waals surface area contributed by atoms with Crippen molar-refractivity contribution in [3.05, 3.63) is 71.9 Å². The van der Waals surface area contributed by atoms with Gasteiger partial charge in [0.15, 0.2) is 12.4 Å². The Kier molecular flexibility index (Phi) is 5.55. The van der Waals surface area contributed by atoms with Gasteiger partial charge in [0.25, 0.3) is 0 Å². The molecule has 0 aliphatic carbocycles. The second kappa shape index (κ2) is 8.05.